The molecule has 0 aliphatic carbocycles. The minimum Gasteiger partial charge on any atom is -0.318 e. The maximum atomic E-state index is 12.8. The number of nitrogens with one attached hydrogen (secondary N) is 1. The molecule has 27 heavy (non-hydrogen) atoms. The molecule has 4 nitrogen and oxygen atoms in total. The smallest absolute Gasteiger partial charge is 0.186 e. The van der Waals surface area contributed by atoms with E-state index < -0.39 is 5.92 Å². The highest BCUT2D eigenvalue weighted by molar-refractivity contribution is 8.19. The van der Waals surface area contributed by atoms with Gasteiger partial charge >= 0.3 is 0 Å². The van der Waals surface area contributed by atoms with Crippen LogP contribution in [-0.4, -0.2) is 20.4 Å². The Morgan fingerprint density at radius 2 is 2.11 bits per heavy atom. The molecule has 0 spiro atoms. The zero-order valence-electron chi connectivity index (χ0n) is 14.7. The number of benzene rings is 1. The maximum absolute atomic E-state index is 12.8. The molecule has 1 aliphatic heterocycles. The summed E-state index contributed by atoms with van der Waals surface area (Å²) in [4.78, 5) is 17.7. The minimum atomic E-state index is -0.558. The molecule has 3 heterocycles. The first-order valence-electron chi connectivity index (χ1n) is 8.32. The molecule has 0 unspecified atom stereocenters. The van der Waals surface area contributed by atoms with Crippen LogP contribution in [-0.2, 0) is 4.79 Å². The van der Waals surface area contributed by atoms with E-state index in [1.54, 1.807) is 6.20 Å². The summed E-state index contributed by atoms with van der Waals surface area (Å²) in [6.45, 7) is 4.05. The van der Waals surface area contributed by atoms with Crippen molar-refractivity contribution >= 4 is 51.6 Å². The third-order valence-electron chi connectivity index (χ3n) is 4.51. The van der Waals surface area contributed by atoms with Gasteiger partial charge in [-0.2, -0.15) is 0 Å². The van der Waals surface area contributed by atoms with Crippen molar-refractivity contribution in [3.63, 3.8) is 0 Å². The van der Waals surface area contributed by atoms with Crippen molar-refractivity contribution in [3.05, 3.63) is 73.8 Å². The second-order valence-corrected chi connectivity index (χ2v) is 8.73. The summed E-state index contributed by atoms with van der Waals surface area (Å²) in [5, 5.41) is 11.8. The summed E-state index contributed by atoms with van der Waals surface area (Å²) >= 11 is 8.78. The first kappa shape index (κ1) is 18.2. The number of thiazole rings is 1. The van der Waals surface area contributed by atoms with Crippen LogP contribution in [0.5, 0.6) is 0 Å². The molecule has 0 saturated carbocycles. The Morgan fingerprint density at radius 1 is 1.30 bits per heavy atom. The minimum absolute atomic E-state index is 0.0486. The first-order chi connectivity index (χ1) is 13.0. The molecular formula is C20H16ClN3OS2. The lowest BCUT2D eigenvalue weighted by molar-refractivity contribution is -0.114. The number of halogens is 1. The number of thioether (sulfide) groups is 1. The molecule has 1 atom stereocenters. The van der Waals surface area contributed by atoms with Gasteiger partial charge in [-0.15, -0.1) is 11.3 Å². The number of rotatable bonds is 3. The van der Waals surface area contributed by atoms with E-state index in [1.165, 1.54) is 23.1 Å². The third-order valence-corrected chi connectivity index (χ3v) is 6.58. The van der Waals surface area contributed by atoms with Crippen LogP contribution in [0.25, 0.3) is 11.8 Å². The molecule has 1 saturated heterocycles. The van der Waals surface area contributed by atoms with Gasteiger partial charge in [0.1, 0.15) is 10.9 Å². The Morgan fingerprint density at radius 3 is 2.81 bits per heavy atom. The predicted octanol–water partition coefficient (Wildman–Crippen LogP) is 5.62. The number of nitrogens with zero attached hydrogens (tertiary/aromatic N) is 2. The van der Waals surface area contributed by atoms with Crippen LogP contribution in [0, 0.1) is 19.3 Å². The summed E-state index contributed by atoms with van der Waals surface area (Å²) < 4.78 is 2.12. The molecule has 3 aromatic rings. The lowest BCUT2D eigenvalue weighted by Crippen LogP contribution is -2.11. The van der Waals surface area contributed by atoms with Crippen LogP contribution in [0.1, 0.15) is 27.9 Å². The van der Waals surface area contributed by atoms with Crippen LogP contribution in [0.15, 0.2) is 46.8 Å². The van der Waals surface area contributed by atoms with Crippen molar-refractivity contribution in [3.8, 4) is 5.69 Å². The Bertz CT molecular complexity index is 1080. The van der Waals surface area contributed by atoms with Crippen molar-refractivity contribution < 1.29 is 4.79 Å². The summed E-state index contributed by atoms with van der Waals surface area (Å²) in [5.74, 6) is -0.606. The molecule has 2 aromatic heterocycles. The van der Waals surface area contributed by atoms with Crippen LogP contribution < -0.4 is 0 Å². The van der Waals surface area contributed by atoms with E-state index in [2.05, 4.69) is 15.6 Å². The maximum Gasteiger partial charge on any atom is 0.186 e. The summed E-state index contributed by atoms with van der Waals surface area (Å²) in [6, 6.07) is 9.75. The van der Waals surface area contributed by atoms with Gasteiger partial charge in [-0.1, -0.05) is 29.4 Å². The fourth-order valence-electron chi connectivity index (χ4n) is 3.28. The molecule has 1 fully saturated rings. The molecule has 1 aliphatic rings. The molecule has 0 radical (unpaired) electrons. The second kappa shape index (κ2) is 7.11. The van der Waals surface area contributed by atoms with Crippen LogP contribution in [0.2, 0.25) is 5.02 Å². The van der Waals surface area contributed by atoms with Gasteiger partial charge < -0.3 is 4.57 Å². The van der Waals surface area contributed by atoms with Crippen LogP contribution in [0.3, 0.4) is 0 Å². The van der Waals surface area contributed by atoms with Gasteiger partial charge in [0.25, 0.3) is 0 Å². The van der Waals surface area contributed by atoms with Crippen molar-refractivity contribution in [1.82, 2.24) is 9.55 Å². The number of hydrogen-bond acceptors (Lipinski definition) is 5. The monoisotopic (exact) mass is 413 g/mol. The SMILES string of the molecule is Cc1cc(/C=C2\SC(=N)[C@H](c3nccs3)C2=O)c(C)n1-c1cccc(Cl)c1. The van der Waals surface area contributed by atoms with Gasteiger partial charge in [0, 0.05) is 33.7 Å². The van der Waals surface area contributed by atoms with Crippen molar-refractivity contribution in [2.24, 2.45) is 0 Å². The Balaban J connectivity index is 1.72. The van der Waals surface area contributed by atoms with Crippen molar-refractivity contribution in [2.45, 2.75) is 19.8 Å². The third kappa shape index (κ3) is 3.29. The molecule has 136 valence electrons. The van der Waals surface area contributed by atoms with Crippen LogP contribution >= 0.6 is 34.7 Å². The van der Waals surface area contributed by atoms with Gasteiger partial charge in [0.15, 0.2) is 5.78 Å². The zero-order valence-corrected chi connectivity index (χ0v) is 17.1. The molecule has 7 heteroatoms. The van der Waals surface area contributed by atoms with Gasteiger partial charge in [-0.3, -0.25) is 10.2 Å². The van der Waals surface area contributed by atoms with Gasteiger partial charge in [0.2, 0.25) is 0 Å². The average Bonchev–Trinajstić information content (AvgIpc) is 3.29. The Kier molecular flexibility index (Phi) is 4.80. The molecule has 0 bridgehead atoms. The van der Waals surface area contributed by atoms with E-state index in [1.807, 2.05) is 49.6 Å². The zero-order chi connectivity index (χ0) is 19.1. The second-order valence-electron chi connectivity index (χ2n) is 6.28. The van der Waals surface area contributed by atoms with E-state index in [9.17, 15) is 4.79 Å². The number of allylic oxidation sites excluding steroid dienone is 1. The van der Waals surface area contributed by atoms with E-state index in [0.717, 1.165) is 22.6 Å². The van der Waals surface area contributed by atoms with E-state index in [4.69, 9.17) is 17.0 Å². The summed E-state index contributed by atoms with van der Waals surface area (Å²) in [5.41, 5.74) is 4.04. The largest absolute Gasteiger partial charge is 0.318 e. The number of Topliss-reactive ketones (excluding diaryl/α,β-unsaturated/α-hetero) is 1. The summed E-state index contributed by atoms with van der Waals surface area (Å²) in [7, 11) is 0. The number of carbonyl (C=O) groups excluding carboxylic acids is 1. The van der Waals surface area contributed by atoms with E-state index in [-0.39, 0.29) is 5.78 Å². The number of aromatic nitrogens is 2. The quantitative estimate of drug-likeness (QED) is 0.566. The highest BCUT2D eigenvalue weighted by Crippen LogP contribution is 2.41. The van der Waals surface area contributed by atoms with E-state index >= 15 is 0 Å². The highest BCUT2D eigenvalue weighted by Gasteiger charge is 2.38. The topological polar surface area (TPSA) is 58.7 Å². The first-order valence-corrected chi connectivity index (χ1v) is 10.4. The van der Waals surface area contributed by atoms with Gasteiger partial charge in [0.05, 0.1) is 9.95 Å². The highest BCUT2D eigenvalue weighted by atomic mass is 35.5. The molecule has 1 aromatic carbocycles. The standard InChI is InChI=1S/C20H16ClN3OS2/c1-11-8-13(12(2)24(11)15-5-3-4-14(21)10-15)9-16-18(25)17(19(22)27-16)20-23-6-7-26-20/h3-10,17,22H,1-2H3/b16-9-,22-19?/t17-/m1/s1. The number of hydrogen-bond donors (Lipinski definition) is 1. The number of aryl methyl sites for hydroxylation is 1. The fourth-order valence-corrected chi connectivity index (χ4v) is 5.26. The van der Waals surface area contributed by atoms with Gasteiger partial charge in [-0.05, 0) is 49.8 Å². The molecule has 0 amide bonds. The normalized spacial score (nSPS) is 18.6. The average molecular weight is 414 g/mol. The molecular weight excluding hydrogens is 398 g/mol. The molecule has 4 rings (SSSR count). The summed E-state index contributed by atoms with van der Waals surface area (Å²) in [6.07, 6.45) is 3.56. The Labute approximate surface area is 170 Å². The van der Waals surface area contributed by atoms with Gasteiger partial charge in [-0.25, -0.2) is 4.98 Å². The fraction of sp³-hybridized carbons (Fsp3) is 0.150. The van der Waals surface area contributed by atoms with Crippen molar-refractivity contribution in [2.75, 3.05) is 0 Å². The Hall–Kier alpha value is -2.15. The van der Waals surface area contributed by atoms with E-state index in [0.29, 0.717) is 20.0 Å². The van der Waals surface area contributed by atoms with Crippen LogP contribution in [0.4, 0.5) is 0 Å². The van der Waals surface area contributed by atoms with Crippen molar-refractivity contribution in [1.29, 1.82) is 5.41 Å². The molecule has 1 N–H and O–H groups in total. The predicted molar refractivity (Wildman–Crippen MR) is 113 cm³/mol. The number of carbonyl (C=O) groups is 1. The lowest BCUT2D eigenvalue weighted by Gasteiger charge is -2.10. The number of ketones is 1. The lowest BCUT2D eigenvalue weighted by atomic mass is 10.1.